The predicted octanol–water partition coefficient (Wildman–Crippen LogP) is 13.4. The molecular weight excluding hydrogens is 701 g/mol. The molecule has 4 heterocycles. The molecule has 57 heavy (non-hydrogen) atoms. The Morgan fingerprint density at radius 3 is 1.77 bits per heavy atom. The highest BCUT2D eigenvalue weighted by molar-refractivity contribution is 6.15. The third-order valence-electron chi connectivity index (χ3n) is 11.1. The monoisotopic (exact) mass is 730 g/mol. The van der Waals surface area contributed by atoms with E-state index in [1.165, 1.54) is 10.8 Å². The SMILES string of the molecule is c1ccc(-c2nc(-c3cccc(-n4c5ccccc5c5ccccc54)c3)nc(-c3cccc4oc5ccc(-c6cccc7c6oc6ccccc67)cc5c34)n2)cc1. The summed E-state index contributed by atoms with van der Waals surface area (Å²) in [6, 6.07) is 62.6. The molecule has 0 spiro atoms. The van der Waals surface area contributed by atoms with Gasteiger partial charge in [0.05, 0.1) is 11.0 Å². The van der Waals surface area contributed by atoms with Crippen molar-refractivity contribution >= 4 is 65.7 Å². The van der Waals surface area contributed by atoms with E-state index in [2.05, 4.69) is 120 Å². The molecule has 8 aromatic carbocycles. The standard InChI is InChI=1S/C51H30N4O2/c1-2-13-31(14-3-1)49-52-50(33-15-10-16-34(29-33)55-42-23-7-4-17-36(42)37-18-5-8-24-43(37)55)54-51(53-49)40-22-12-26-46-47(40)41-30-32(27-28-45(41)56-46)35-20-11-21-39-38-19-6-9-25-44(38)57-48(35)39/h1-30H. The number of benzene rings is 8. The van der Waals surface area contributed by atoms with Crippen LogP contribution in [0.5, 0.6) is 0 Å². The molecular formula is C51H30N4O2. The van der Waals surface area contributed by atoms with Crippen LogP contribution in [-0.4, -0.2) is 19.5 Å². The third kappa shape index (κ3) is 4.94. The highest BCUT2D eigenvalue weighted by atomic mass is 16.3. The smallest absolute Gasteiger partial charge is 0.164 e. The fraction of sp³-hybridized carbons (Fsp3) is 0. The summed E-state index contributed by atoms with van der Waals surface area (Å²) < 4.78 is 15.3. The van der Waals surface area contributed by atoms with Crippen molar-refractivity contribution in [1.82, 2.24) is 19.5 Å². The zero-order valence-corrected chi connectivity index (χ0v) is 30.4. The molecule has 0 unspecified atom stereocenters. The molecule has 0 fully saturated rings. The molecule has 6 nitrogen and oxygen atoms in total. The number of para-hydroxylation sites is 4. The number of rotatable bonds is 5. The Bertz CT molecular complexity index is 3490. The molecule has 0 atom stereocenters. The minimum Gasteiger partial charge on any atom is -0.456 e. The van der Waals surface area contributed by atoms with Gasteiger partial charge in [-0.05, 0) is 54.1 Å². The van der Waals surface area contributed by atoms with Crippen LogP contribution in [0.2, 0.25) is 0 Å². The number of fused-ring (bicyclic) bond motifs is 9. The maximum atomic E-state index is 6.50. The summed E-state index contributed by atoms with van der Waals surface area (Å²) in [7, 11) is 0. The van der Waals surface area contributed by atoms with Crippen LogP contribution in [0.25, 0.3) is 117 Å². The number of furan rings is 2. The van der Waals surface area contributed by atoms with E-state index in [1.54, 1.807) is 0 Å². The molecule has 0 radical (unpaired) electrons. The average Bonchev–Trinajstić information content (AvgIpc) is 3.96. The van der Waals surface area contributed by atoms with Crippen LogP contribution in [0, 0.1) is 0 Å². The van der Waals surface area contributed by atoms with Gasteiger partial charge in [-0.1, -0.05) is 133 Å². The van der Waals surface area contributed by atoms with E-state index < -0.39 is 0 Å². The van der Waals surface area contributed by atoms with E-state index in [4.69, 9.17) is 23.8 Å². The summed E-state index contributed by atoms with van der Waals surface area (Å²) in [5.74, 6) is 1.75. The Balaban J connectivity index is 1.06. The molecule has 0 aliphatic carbocycles. The van der Waals surface area contributed by atoms with E-state index >= 15 is 0 Å². The first kappa shape index (κ1) is 31.5. The van der Waals surface area contributed by atoms with E-state index in [9.17, 15) is 0 Å². The number of nitrogens with zero attached hydrogens (tertiary/aromatic N) is 4. The first-order valence-corrected chi connectivity index (χ1v) is 19.0. The van der Waals surface area contributed by atoms with Crippen molar-refractivity contribution in [3.05, 3.63) is 182 Å². The third-order valence-corrected chi connectivity index (χ3v) is 11.1. The second kappa shape index (κ2) is 12.3. The van der Waals surface area contributed by atoms with Crippen LogP contribution in [0.4, 0.5) is 0 Å². The van der Waals surface area contributed by atoms with Crippen molar-refractivity contribution in [1.29, 1.82) is 0 Å². The summed E-state index contributed by atoms with van der Waals surface area (Å²) in [4.78, 5) is 15.5. The van der Waals surface area contributed by atoms with Gasteiger partial charge in [0.25, 0.3) is 0 Å². The van der Waals surface area contributed by atoms with Crippen LogP contribution >= 0.6 is 0 Å². The second-order valence-electron chi connectivity index (χ2n) is 14.4. The highest BCUT2D eigenvalue weighted by Gasteiger charge is 2.20. The molecule has 0 amide bonds. The van der Waals surface area contributed by atoms with Gasteiger partial charge in [-0.3, -0.25) is 0 Å². The van der Waals surface area contributed by atoms with Gasteiger partial charge in [0, 0.05) is 60.3 Å². The molecule has 6 heteroatoms. The minimum atomic E-state index is 0.569. The maximum Gasteiger partial charge on any atom is 0.164 e. The molecule has 12 rings (SSSR count). The zero-order chi connectivity index (χ0) is 37.5. The quantitative estimate of drug-likeness (QED) is 0.176. The van der Waals surface area contributed by atoms with Crippen LogP contribution in [0.1, 0.15) is 0 Å². The molecule has 0 bridgehead atoms. The van der Waals surface area contributed by atoms with Crippen LogP contribution in [0.3, 0.4) is 0 Å². The topological polar surface area (TPSA) is 69.9 Å². The summed E-state index contributed by atoms with van der Waals surface area (Å²) in [6.07, 6.45) is 0. The molecule has 0 saturated heterocycles. The van der Waals surface area contributed by atoms with Gasteiger partial charge in [0.1, 0.15) is 22.3 Å². The number of aromatic nitrogens is 4. The van der Waals surface area contributed by atoms with Gasteiger partial charge >= 0.3 is 0 Å². The van der Waals surface area contributed by atoms with E-state index in [-0.39, 0.29) is 0 Å². The van der Waals surface area contributed by atoms with Crippen LogP contribution in [-0.2, 0) is 0 Å². The van der Waals surface area contributed by atoms with Crippen molar-refractivity contribution in [3.8, 4) is 51.0 Å². The van der Waals surface area contributed by atoms with Crippen LogP contribution in [0.15, 0.2) is 191 Å². The van der Waals surface area contributed by atoms with Crippen molar-refractivity contribution in [2.75, 3.05) is 0 Å². The van der Waals surface area contributed by atoms with Crippen LogP contribution < -0.4 is 0 Å². The van der Waals surface area contributed by atoms with E-state index in [0.29, 0.717) is 17.5 Å². The second-order valence-corrected chi connectivity index (χ2v) is 14.4. The summed E-state index contributed by atoms with van der Waals surface area (Å²) in [5.41, 5.74) is 11.3. The van der Waals surface area contributed by atoms with Crippen molar-refractivity contribution < 1.29 is 8.83 Å². The Hall–Kier alpha value is -7.83. The summed E-state index contributed by atoms with van der Waals surface area (Å²) in [5, 5.41) is 6.54. The average molecular weight is 731 g/mol. The van der Waals surface area contributed by atoms with E-state index in [1.807, 2.05) is 66.7 Å². The first-order chi connectivity index (χ1) is 28.2. The molecule has 12 aromatic rings. The highest BCUT2D eigenvalue weighted by Crippen LogP contribution is 2.41. The summed E-state index contributed by atoms with van der Waals surface area (Å²) in [6.45, 7) is 0. The van der Waals surface area contributed by atoms with Gasteiger partial charge in [-0.15, -0.1) is 0 Å². The summed E-state index contributed by atoms with van der Waals surface area (Å²) >= 11 is 0. The lowest BCUT2D eigenvalue weighted by molar-refractivity contribution is 0.668. The first-order valence-electron chi connectivity index (χ1n) is 19.0. The van der Waals surface area contributed by atoms with Gasteiger partial charge in [0.2, 0.25) is 0 Å². The molecule has 0 aliphatic heterocycles. The Morgan fingerprint density at radius 1 is 0.351 bits per heavy atom. The van der Waals surface area contributed by atoms with Gasteiger partial charge in [-0.25, -0.2) is 15.0 Å². The van der Waals surface area contributed by atoms with Gasteiger partial charge in [0.15, 0.2) is 17.5 Å². The Morgan fingerprint density at radius 2 is 0.947 bits per heavy atom. The largest absolute Gasteiger partial charge is 0.456 e. The van der Waals surface area contributed by atoms with Gasteiger partial charge < -0.3 is 13.4 Å². The predicted molar refractivity (Wildman–Crippen MR) is 230 cm³/mol. The molecule has 0 N–H and O–H groups in total. The number of hydrogen-bond donors (Lipinski definition) is 0. The normalized spacial score (nSPS) is 11.9. The van der Waals surface area contributed by atoms with Crippen molar-refractivity contribution in [2.45, 2.75) is 0 Å². The Labute approximate surface area is 325 Å². The number of hydrogen-bond acceptors (Lipinski definition) is 5. The molecule has 0 aliphatic rings. The fourth-order valence-electron chi connectivity index (χ4n) is 8.48. The fourth-order valence-corrected chi connectivity index (χ4v) is 8.48. The van der Waals surface area contributed by atoms with E-state index in [0.717, 1.165) is 88.4 Å². The van der Waals surface area contributed by atoms with Crippen molar-refractivity contribution in [2.24, 2.45) is 0 Å². The minimum absolute atomic E-state index is 0.569. The lowest BCUT2D eigenvalue weighted by Crippen LogP contribution is -2.01. The zero-order valence-electron chi connectivity index (χ0n) is 30.4. The Kier molecular flexibility index (Phi) is 6.83. The lowest BCUT2D eigenvalue weighted by Gasteiger charge is -2.12. The van der Waals surface area contributed by atoms with Gasteiger partial charge in [-0.2, -0.15) is 0 Å². The molecule has 0 saturated carbocycles. The molecule has 266 valence electrons. The lowest BCUT2D eigenvalue weighted by atomic mass is 9.99. The molecule has 4 aromatic heterocycles. The maximum absolute atomic E-state index is 6.50. The van der Waals surface area contributed by atoms with Crippen molar-refractivity contribution in [3.63, 3.8) is 0 Å².